The van der Waals surface area contributed by atoms with Crippen molar-refractivity contribution in [3.8, 4) is 0 Å². The van der Waals surface area contributed by atoms with Crippen LogP contribution in [-0.2, 0) is 17.7 Å². The molecule has 0 aliphatic heterocycles. The second kappa shape index (κ2) is 7.22. The lowest BCUT2D eigenvalue weighted by Crippen LogP contribution is -2.08. The Hall–Kier alpha value is -1.88. The lowest BCUT2D eigenvalue weighted by atomic mass is 10.2. The Morgan fingerprint density at radius 3 is 2.86 bits per heavy atom. The molecule has 1 N–H and O–H groups in total. The average Bonchev–Trinajstić information content (AvgIpc) is 2.81. The number of aromatic carboxylic acids is 1. The number of benzene rings is 1. The zero-order chi connectivity index (χ0) is 15.2. The fourth-order valence-corrected chi connectivity index (χ4v) is 2.58. The quantitative estimate of drug-likeness (QED) is 0.759. The number of fused-ring (bicyclic) bond motifs is 1. The van der Waals surface area contributed by atoms with E-state index in [9.17, 15) is 9.90 Å². The van der Waals surface area contributed by atoms with Crippen LogP contribution in [-0.4, -0.2) is 34.3 Å². The van der Waals surface area contributed by atoms with Crippen LogP contribution < -0.4 is 0 Å². The molecule has 5 nitrogen and oxygen atoms in total. The number of hydrogen-bond donors (Lipinski definition) is 1. The summed E-state index contributed by atoms with van der Waals surface area (Å²) in [5.74, 6) is 0.0697. The first-order valence-corrected chi connectivity index (χ1v) is 7.39. The van der Waals surface area contributed by atoms with Crippen molar-refractivity contribution >= 4 is 17.0 Å². The van der Waals surface area contributed by atoms with Gasteiger partial charge in [0, 0.05) is 26.7 Å². The minimum Gasteiger partial charge on any atom is -0.478 e. The van der Waals surface area contributed by atoms with Crippen molar-refractivity contribution in [3.63, 3.8) is 0 Å². The Morgan fingerprint density at radius 1 is 1.38 bits per heavy atom. The number of aryl methyl sites for hydroxylation is 2. The number of hydrogen-bond acceptors (Lipinski definition) is 3. The van der Waals surface area contributed by atoms with E-state index < -0.39 is 5.97 Å². The minimum atomic E-state index is -0.901. The van der Waals surface area contributed by atoms with Crippen molar-refractivity contribution in [3.05, 3.63) is 29.6 Å². The summed E-state index contributed by atoms with van der Waals surface area (Å²) in [5, 5.41) is 9.39. The molecule has 21 heavy (non-hydrogen) atoms. The molecule has 0 saturated heterocycles. The van der Waals surface area contributed by atoms with Gasteiger partial charge in [-0.25, -0.2) is 9.78 Å². The van der Waals surface area contributed by atoms with Gasteiger partial charge >= 0.3 is 5.97 Å². The molecule has 0 saturated carbocycles. The van der Waals surface area contributed by atoms with Gasteiger partial charge in [-0.3, -0.25) is 0 Å². The van der Waals surface area contributed by atoms with Gasteiger partial charge in [0.25, 0.3) is 0 Å². The standard InChI is InChI=1S/C16H22N2O3/c1-3-7-14-17-13-9-6-8-12(16(19)20)15(13)18(14)10-4-5-11-21-2/h6,8-9H,3-5,7,10-11H2,1-2H3,(H,19,20). The molecule has 0 fully saturated rings. The van der Waals surface area contributed by atoms with E-state index in [0.717, 1.165) is 55.7 Å². The summed E-state index contributed by atoms with van der Waals surface area (Å²) < 4.78 is 7.14. The highest BCUT2D eigenvalue weighted by Gasteiger charge is 2.16. The van der Waals surface area contributed by atoms with Crippen LogP contribution in [0.3, 0.4) is 0 Å². The summed E-state index contributed by atoms with van der Waals surface area (Å²) in [5.41, 5.74) is 1.84. The van der Waals surface area contributed by atoms with E-state index >= 15 is 0 Å². The third-order valence-corrected chi connectivity index (χ3v) is 3.53. The van der Waals surface area contributed by atoms with Gasteiger partial charge in [-0.2, -0.15) is 0 Å². The van der Waals surface area contributed by atoms with Gasteiger partial charge < -0.3 is 14.4 Å². The van der Waals surface area contributed by atoms with Crippen molar-refractivity contribution in [2.75, 3.05) is 13.7 Å². The maximum absolute atomic E-state index is 11.4. The van der Waals surface area contributed by atoms with Gasteiger partial charge in [-0.15, -0.1) is 0 Å². The number of aromatic nitrogens is 2. The molecule has 0 amide bonds. The SMILES string of the molecule is CCCc1nc2cccc(C(=O)O)c2n1CCCCOC. The number of carbonyl (C=O) groups is 1. The fraction of sp³-hybridized carbons (Fsp3) is 0.500. The first-order chi connectivity index (χ1) is 10.2. The molecule has 1 aromatic heterocycles. The van der Waals surface area contributed by atoms with Crippen molar-refractivity contribution < 1.29 is 14.6 Å². The third-order valence-electron chi connectivity index (χ3n) is 3.53. The number of carboxylic acid groups (broad SMARTS) is 1. The molecule has 0 aliphatic rings. The number of para-hydroxylation sites is 1. The zero-order valence-corrected chi connectivity index (χ0v) is 12.6. The smallest absolute Gasteiger partial charge is 0.337 e. The minimum absolute atomic E-state index is 0.328. The van der Waals surface area contributed by atoms with E-state index in [0.29, 0.717) is 5.56 Å². The van der Waals surface area contributed by atoms with Crippen molar-refractivity contribution in [2.45, 2.75) is 39.2 Å². The van der Waals surface area contributed by atoms with Crippen molar-refractivity contribution in [1.82, 2.24) is 9.55 Å². The maximum atomic E-state index is 11.4. The largest absolute Gasteiger partial charge is 0.478 e. The van der Waals surface area contributed by atoms with Gasteiger partial charge in [0.15, 0.2) is 0 Å². The number of nitrogens with zero attached hydrogens (tertiary/aromatic N) is 2. The van der Waals surface area contributed by atoms with Crippen LogP contribution in [0.4, 0.5) is 0 Å². The average molecular weight is 290 g/mol. The molecular weight excluding hydrogens is 268 g/mol. The van der Waals surface area contributed by atoms with E-state index in [-0.39, 0.29) is 0 Å². The highest BCUT2D eigenvalue weighted by Crippen LogP contribution is 2.22. The number of methoxy groups -OCH3 is 1. The van der Waals surface area contributed by atoms with E-state index in [1.54, 1.807) is 19.2 Å². The molecule has 0 unspecified atom stereocenters. The third kappa shape index (κ3) is 3.42. The van der Waals surface area contributed by atoms with Gasteiger partial charge in [0.05, 0.1) is 16.6 Å². The summed E-state index contributed by atoms with van der Waals surface area (Å²) >= 11 is 0. The van der Waals surface area contributed by atoms with Gasteiger partial charge in [-0.1, -0.05) is 13.0 Å². The predicted octanol–water partition coefficient (Wildman–Crippen LogP) is 3.11. The normalized spacial score (nSPS) is 11.1. The van der Waals surface area contributed by atoms with Gasteiger partial charge in [0.1, 0.15) is 5.82 Å². The summed E-state index contributed by atoms with van der Waals surface area (Å²) in [6.45, 7) is 3.60. The highest BCUT2D eigenvalue weighted by atomic mass is 16.5. The lowest BCUT2D eigenvalue weighted by Gasteiger charge is -2.10. The number of unbranched alkanes of at least 4 members (excludes halogenated alkanes) is 1. The van der Waals surface area contributed by atoms with Crippen LogP contribution in [0.2, 0.25) is 0 Å². The molecule has 0 aliphatic carbocycles. The molecule has 0 bridgehead atoms. The molecule has 5 heteroatoms. The Morgan fingerprint density at radius 2 is 2.19 bits per heavy atom. The second-order valence-corrected chi connectivity index (χ2v) is 5.11. The van der Waals surface area contributed by atoms with Crippen LogP contribution >= 0.6 is 0 Å². The first-order valence-electron chi connectivity index (χ1n) is 7.39. The van der Waals surface area contributed by atoms with E-state index in [1.165, 1.54) is 0 Å². The molecular formula is C16H22N2O3. The number of imidazole rings is 1. The number of carboxylic acids is 1. The monoisotopic (exact) mass is 290 g/mol. The topological polar surface area (TPSA) is 64.3 Å². The molecule has 2 rings (SSSR count). The maximum Gasteiger partial charge on any atom is 0.337 e. The summed E-state index contributed by atoms with van der Waals surface area (Å²) in [6, 6.07) is 5.28. The van der Waals surface area contributed by atoms with Crippen molar-refractivity contribution in [2.24, 2.45) is 0 Å². The zero-order valence-electron chi connectivity index (χ0n) is 12.6. The van der Waals surface area contributed by atoms with E-state index in [4.69, 9.17) is 4.74 Å². The molecule has 2 aromatic rings. The number of rotatable bonds is 8. The number of ether oxygens (including phenoxy) is 1. The van der Waals surface area contributed by atoms with E-state index in [1.807, 2.05) is 6.07 Å². The van der Waals surface area contributed by atoms with Crippen LogP contribution in [0.25, 0.3) is 11.0 Å². The summed E-state index contributed by atoms with van der Waals surface area (Å²) in [6.07, 6.45) is 3.75. The fourth-order valence-electron chi connectivity index (χ4n) is 2.58. The molecule has 0 atom stereocenters. The van der Waals surface area contributed by atoms with Crippen LogP contribution in [0.15, 0.2) is 18.2 Å². The Labute approximate surface area is 124 Å². The molecule has 1 heterocycles. The van der Waals surface area contributed by atoms with Crippen LogP contribution in [0.5, 0.6) is 0 Å². The molecule has 0 spiro atoms. The predicted molar refractivity (Wildman–Crippen MR) is 81.8 cm³/mol. The Balaban J connectivity index is 2.41. The molecule has 1 aromatic carbocycles. The second-order valence-electron chi connectivity index (χ2n) is 5.11. The summed E-state index contributed by atoms with van der Waals surface area (Å²) in [4.78, 5) is 16.1. The van der Waals surface area contributed by atoms with E-state index in [2.05, 4.69) is 16.5 Å². The van der Waals surface area contributed by atoms with Gasteiger partial charge in [-0.05, 0) is 31.4 Å². The van der Waals surface area contributed by atoms with Gasteiger partial charge in [0.2, 0.25) is 0 Å². The molecule has 0 radical (unpaired) electrons. The first kappa shape index (κ1) is 15.5. The Kier molecular flexibility index (Phi) is 5.33. The molecule has 114 valence electrons. The van der Waals surface area contributed by atoms with Crippen LogP contribution in [0.1, 0.15) is 42.4 Å². The Bertz CT molecular complexity index is 619. The van der Waals surface area contributed by atoms with Crippen molar-refractivity contribution in [1.29, 1.82) is 0 Å². The summed E-state index contributed by atoms with van der Waals surface area (Å²) in [7, 11) is 1.69. The van der Waals surface area contributed by atoms with Crippen LogP contribution in [0, 0.1) is 0 Å². The highest BCUT2D eigenvalue weighted by molar-refractivity contribution is 6.01. The lowest BCUT2D eigenvalue weighted by molar-refractivity contribution is 0.0698.